The highest BCUT2D eigenvalue weighted by molar-refractivity contribution is 5.97. The first kappa shape index (κ1) is 19.3. The minimum Gasteiger partial charge on any atom is -0.392 e. The van der Waals surface area contributed by atoms with Gasteiger partial charge in [0.15, 0.2) is 0 Å². The SMILES string of the molecule is CC(NC(=O)C1=CC(NC(=O)C2CC(O)CN2)C(O)C(O)C1)C(N)=O. The minimum absolute atomic E-state index is 0.120. The van der Waals surface area contributed by atoms with Gasteiger partial charge in [0.25, 0.3) is 0 Å². The number of nitrogens with two attached hydrogens (primary N) is 1. The van der Waals surface area contributed by atoms with E-state index in [4.69, 9.17) is 5.73 Å². The summed E-state index contributed by atoms with van der Waals surface area (Å²) in [5, 5.41) is 37.3. The summed E-state index contributed by atoms with van der Waals surface area (Å²) >= 11 is 0. The average Bonchev–Trinajstić information content (AvgIpc) is 2.97. The highest BCUT2D eigenvalue weighted by Crippen LogP contribution is 2.20. The Hall–Kier alpha value is -2.01. The maximum Gasteiger partial charge on any atom is 0.247 e. The van der Waals surface area contributed by atoms with Crippen LogP contribution in [0, 0.1) is 0 Å². The molecule has 8 N–H and O–H groups in total. The van der Waals surface area contributed by atoms with Crippen molar-refractivity contribution >= 4 is 17.7 Å². The molecule has 0 bridgehead atoms. The van der Waals surface area contributed by atoms with Crippen LogP contribution in [0.5, 0.6) is 0 Å². The summed E-state index contributed by atoms with van der Waals surface area (Å²) in [6, 6.07) is -2.48. The van der Waals surface area contributed by atoms with Crippen molar-refractivity contribution in [1.82, 2.24) is 16.0 Å². The van der Waals surface area contributed by atoms with Gasteiger partial charge in [-0.1, -0.05) is 6.08 Å². The number of primary amides is 1. The van der Waals surface area contributed by atoms with E-state index < -0.39 is 54.2 Å². The molecule has 0 spiro atoms. The molecule has 3 amide bonds. The van der Waals surface area contributed by atoms with Crippen molar-refractivity contribution < 1.29 is 29.7 Å². The second-order valence-corrected chi connectivity index (χ2v) is 6.44. The number of carbonyl (C=O) groups is 3. The van der Waals surface area contributed by atoms with E-state index in [-0.39, 0.29) is 18.4 Å². The normalized spacial score (nSPS) is 33.3. The zero-order chi connectivity index (χ0) is 18.7. The van der Waals surface area contributed by atoms with E-state index in [9.17, 15) is 29.7 Å². The molecule has 0 aromatic carbocycles. The molecule has 140 valence electrons. The third kappa shape index (κ3) is 4.75. The van der Waals surface area contributed by atoms with Crippen molar-refractivity contribution in [2.75, 3.05) is 6.54 Å². The lowest BCUT2D eigenvalue weighted by molar-refractivity contribution is -0.126. The van der Waals surface area contributed by atoms with Crippen LogP contribution in [-0.4, -0.2) is 76.0 Å². The molecule has 0 aromatic rings. The maximum absolute atomic E-state index is 12.2. The zero-order valence-corrected chi connectivity index (χ0v) is 13.8. The summed E-state index contributed by atoms with van der Waals surface area (Å²) < 4.78 is 0. The molecule has 10 heteroatoms. The molecule has 1 saturated heterocycles. The Morgan fingerprint density at radius 2 is 2.00 bits per heavy atom. The fourth-order valence-corrected chi connectivity index (χ4v) is 2.81. The summed E-state index contributed by atoms with van der Waals surface area (Å²) in [5.41, 5.74) is 5.23. The second kappa shape index (κ2) is 7.91. The summed E-state index contributed by atoms with van der Waals surface area (Å²) in [6.45, 7) is 1.72. The molecule has 0 aromatic heterocycles. The van der Waals surface area contributed by atoms with Crippen molar-refractivity contribution in [1.29, 1.82) is 0 Å². The Morgan fingerprint density at radius 1 is 1.32 bits per heavy atom. The van der Waals surface area contributed by atoms with E-state index in [1.54, 1.807) is 0 Å². The van der Waals surface area contributed by atoms with E-state index in [2.05, 4.69) is 16.0 Å². The van der Waals surface area contributed by atoms with Crippen molar-refractivity contribution in [2.24, 2.45) is 5.73 Å². The quantitative estimate of drug-likeness (QED) is 0.265. The Kier molecular flexibility index (Phi) is 6.11. The standard InChI is InChI=1S/C15H24N4O6/c1-6(13(16)23)18-14(24)7-2-9(12(22)11(21)3-7)19-15(25)10-4-8(20)5-17-10/h2,6,8-12,17,20-22H,3-5H2,1H3,(H2,16,23)(H,18,24)(H,19,25). The minimum atomic E-state index is -1.28. The second-order valence-electron chi connectivity index (χ2n) is 6.44. The van der Waals surface area contributed by atoms with Crippen LogP contribution in [0.25, 0.3) is 0 Å². The van der Waals surface area contributed by atoms with Crippen molar-refractivity contribution in [3.63, 3.8) is 0 Å². The van der Waals surface area contributed by atoms with E-state index >= 15 is 0 Å². The van der Waals surface area contributed by atoms with Gasteiger partial charge in [-0.2, -0.15) is 0 Å². The van der Waals surface area contributed by atoms with Crippen LogP contribution in [0.3, 0.4) is 0 Å². The molecule has 2 rings (SSSR count). The first-order valence-electron chi connectivity index (χ1n) is 8.08. The monoisotopic (exact) mass is 356 g/mol. The van der Waals surface area contributed by atoms with Gasteiger partial charge in [0.05, 0.1) is 24.3 Å². The third-order valence-corrected chi connectivity index (χ3v) is 4.37. The van der Waals surface area contributed by atoms with Crippen LogP contribution < -0.4 is 21.7 Å². The lowest BCUT2D eigenvalue weighted by Crippen LogP contribution is -2.54. The Labute approximate surface area is 144 Å². The first-order valence-corrected chi connectivity index (χ1v) is 8.08. The van der Waals surface area contributed by atoms with Crippen LogP contribution in [-0.2, 0) is 14.4 Å². The average molecular weight is 356 g/mol. The summed E-state index contributed by atoms with van der Waals surface area (Å²) in [7, 11) is 0. The Bertz CT molecular complexity index is 580. The fraction of sp³-hybridized carbons (Fsp3) is 0.667. The zero-order valence-electron chi connectivity index (χ0n) is 13.8. The molecule has 10 nitrogen and oxygen atoms in total. The molecule has 6 atom stereocenters. The summed E-state index contributed by atoms with van der Waals surface area (Å²) in [4.78, 5) is 35.4. The highest BCUT2D eigenvalue weighted by atomic mass is 16.3. The van der Waals surface area contributed by atoms with Crippen LogP contribution in [0.4, 0.5) is 0 Å². The summed E-state index contributed by atoms with van der Waals surface area (Å²) in [6.07, 6.45) is -1.67. The van der Waals surface area contributed by atoms with Gasteiger partial charge in [-0.3, -0.25) is 14.4 Å². The largest absolute Gasteiger partial charge is 0.392 e. The molecule has 2 aliphatic rings. The van der Waals surface area contributed by atoms with Gasteiger partial charge < -0.3 is 37.0 Å². The van der Waals surface area contributed by atoms with E-state index in [1.165, 1.54) is 13.0 Å². The smallest absolute Gasteiger partial charge is 0.247 e. The lowest BCUT2D eigenvalue weighted by Gasteiger charge is -2.31. The van der Waals surface area contributed by atoms with Crippen LogP contribution in [0.15, 0.2) is 11.6 Å². The van der Waals surface area contributed by atoms with Gasteiger partial charge >= 0.3 is 0 Å². The number of nitrogens with one attached hydrogen (secondary N) is 3. The number of amides is 3. The van der Waals surface area contributed by atoms with Crippen LogP contribution in [0.2, 0.25) is 0 Å². The Morgan fingerprint density at radius 3 is 2.56 bits per heavy atom. The van der Waals surface area contributed by atoms with Crippen LogP contribution >= 0.6 is 0 Å². The lowest BCUT2D eigenvalue weighted by atomic mass is 9.89. The first-order chi connectivity index (χ1) is 11.7. The van der Waals surface area contributed by atoms with E-state index in [0.29, 0.717) is 6.54 Å². The van der Waals surface area contributed by atoms with Gasteiger partial charge in [-0.25, -0.2) is 0 Å². The number of hydrogen-bond donors (Lipinski definition) is 7. The van der Waals surface area contributed by atoms with Crippen molar-refractivity contribution in [3.05, 3.63) is 11.6 Å². The summed E-state index contributed by atoms with van der Waals surface area (Å²) in [5.74, 6) is -1.76. The van der Waals surface area contributed by atoms with Gasteiger partial charge in [0.1, 0.15) is 12.1 Å². The number of hydrogen-bond acceptors (Lipinski definition) is 7. The van der Waals surface area contributed by atoms with E-state index in [1.807, 2.05) is 0 Å². The number of aliphatic hydroxyl groups excluding tert-OH is 3. The molecular weight excluding hydrogens is 332 g/mol. The number of β-amino-alcohol motifs (C(OH)–C–C–N with tert-alkyl or cyclic N) is 1. The van der Waals surface area contributed by atoms with Gasteiger partial charge in [-0.15, -0.1) is 0 Å². The Balaban J connectivity index is 2.06. The van der Waals surface area contributed by atoms with Gasteiger partial charge in [0.2, 0.25) is 17.7 Å². The van der Waals surface area contributed by atoms with Crippen molar-refractivity contribution in [2.45, 2.75) is 56.2 Å². The topological polar surface area (TPSA) is 174 Å². The molecule has 0 saturated carbocycles. The van der Waals surface area contributed by atoms with Crippen LogP contribution in [0.1, 0.15) is 19.8 Å². The fourth-order valence-electron chi connectivity index (χ4n) is 2.81. The predicted octanol–water partition coefficient (Wildman–Crippen LogP) is -3.76. The maximum atomic E-state index is 12.2. The molecule has 1 fully saturated rings. The molecule has 0 radical (unpaired) electrons. The predicted molar refractivity (Wildman–Crippen MR) is 85.9 cm³/mol. The van der Waals surface area contributed by atoms with Crippen molar-refractivity contribution in [3.8, 4) is 0 Å². The molecular formula is C15H24N4O6. The number of aliphatic hydroxyl groups is 3. The molecule has 1 heterocycles. The third-order valence-electron chi connectivity index (χ3n) is 4.37. The van der Waals surface area contributed by atoms with E-state index in [0.717, 1.165) is 0 Å². The number of carbonyl (C=O) groups excluding carboxylic acids is 3. The van der Waals surface area contributed by atoms with Gasteiger partial charge in [0, 0.05) is 18.5 Å². The molecule has 1 aliphatic carbocycles. The molecule has 1 aliphatic heterocycles. The molecule has 6 unspecified atom stereocenters. The highest BCUT2D eigenvalue weighted by Gasteiger charge is 2.36. The van der Waals surface area contributed by atoms with Gasteiger partial charge in [-0.05, 0) is 13.3 Å². The number of rotatable bonds is 5. The molecule has 25 heavy (non-hydrogen) atoms.